The monoisotopic (exact) mass is 456 g/mol. The van der Waals surface area contributed by atoms with E-state index in [4.69, 9.17) is 0 Å². The number of nitrogens with zero attached hydrogens (tertiary/aromatic N) is 4. The van der Waals surface area contributed by atoms with E-state index in [1.165, 1.54) is 40.0 Å². The highest BCUT2D eigenvalue weighted by atomic mass is 32.2. The number of aromatic nitrogens is 3. The largest absolute Gasteiger partial charge is 0.290 e. The maximum Gasteiger partial charge on any atom is 0.271 e. The minimum absolute atomic E-state index is 0.0334. The first kappa shape index (κ1) is 20.8. The highest BCUT2D eigenvalue weighted by molar-refractivity contribution is 7.98. The Bertz CT molecular complexity index is 1310. The number of benzene rings is 1. The normalized spacial score (nSPS) is 11.2. The summed E-state index contributed by atoms with van der Waals surface area (Å²) < 4.78 is 2.25. The summed E-state index contributed by atoms with van der Waals surface area (Å²) in [5, 5.41) is 5.11. The van der Waals surface area contributed by atoms with Crippen LogP contribution in [0.3, 0.4) is 0 Å². The molecule has 0 N–H and O–H groups in total. The van der Waals surface area contributed by atoms with Gasteiger partial charge in [0.15, 0.2) is 10.3 Å². The second-order valence-corrected chi connectivity index (χ2v) is 9.62. The van der Waals surface area contributed by atoms with Crippen molar-refractivity contribution in [2.75, 3.05) is 4.90 Å². The zero-order chi connectivity index (χ0) is 21.4. The van der Waals surface area contributed by atoms with Crippen molar-refractivity contribution in [2.24, 2.45) is 7.05 Å². The molecule has 9 heteroatoms. The van der Waals surface area contributed by atoms with Crippen LogP contribution >= 0.6 is 34.4 Å². The molecule has 0 unspecified atom stereocenters. The van der Waals surface area contributed by atoms with E-state index in [0.29, 0.717) is 20.7 Å². The molecule has 0 fully saturated rings. The van der Waals surface area contributed by atoms with Crippen LogP contribution in [0.25, 0.3) is 10.2 Å². The quantitative estimate of drug-likeness (QED) is 0.311. The molecule has 0 atom stereocenters. The Morgan fingerprint density at radius 2 is 1.97 bits per heavy atom. The predicted molar refractivity (Wildman–Crippen MR) is 125 cm³/mol. The van der Waals surface area contributed by atoms with Gasteiger partial charge in [0, 0.05) is 25.1 Å². The van der Waals surface area contributed by atoms with E-state index in [1.807, 2.05) is 48.9 Å². The van der Waals surface area contributed by atoms with Crippen molar-refractivity contribution in [1.29, 1.82) is 0 Å². The summed E-state index contributed by atoms with van der Waals surface area (Å²) in [6.45, 7) is 5.62. The van der Waals surface area contributed by atoms with E-state index in [0.717, 1.165) is 22.5 Å². The van der Waals surface area contributed by atoms with Gasteiger partial charge in [0.25, 0.3) is 5.56 Å². The minimum Gasteiger partial charge on any atom is -0.290 e. The number of aryl methyl sites for hydroxylation is 2. The van der Waals surface area contributed by atoms with Crippen LogP contribution in [0, 0.1) is 13.8 Å². The Morgan fingerprint density at radius 3 is 2.70 bits per heavy atom. The van der Waals surface area contributed by atoms with Crippen molar-refractivity contribution < 1.29 is 4.79 Å². The molecule has 0 aliphatic carbocycles. The second kappa shape index (κ2) is 8.33. The number of amides is 1. The lowest BCUT2D eigenvalue weighted by molar-refractivity contribution is -0.115. The Hall–Kier alpha value is -2.49. The van der Waals surface area contributed by atoms with Gasteiger partial charge in [-0.25, -0.2) is 9.97 Å². The fraction of sp³-hybridized carbons (Fsp3) is 0.238. The van der Waals surface area contributed by atoms with Gasteiger partial charge in [0.2, 0.25) is 5.91 Å². The number of anilines is 2. The summed E-state index contributed by atoms with van der Waals surface area (Å²) in [4.78, 5) is 35.7. The summed E-state index contributed by atoms with van der Waals surface area (Å²) in [6.07, 6.45) is 0. The van der Waals surface area contributed by atoms with Gasteiger partial charge in [0.05, 0.1) is 16.9 Å². The summed E-state index contributed by atoms with van der Waals surface area (Å²) in [5.74, 6) is 0.476. The van der Waals surface area contributed by atoms with Crippen LogP contribution in [0.5, 0.6) is 0 Å². The lowest BCUT2D eigenvalue weighted by atomic mass is 10.1. The zero-order valence-corrected chi connectivity index (χ0v) is 19.5. The standard InChI is InChI=1S/C21H20N4O2S3/c1-12-5-6-16(9-13(12)2)25(14(3)26)21-22-15(11-30-21)10-29-20-23-17-7-8-28-18(17)19(27)24(20)4/h5-9,11H,10H2,1-4H3. The van der Waals surface area contributed by atoms with Crippen LogP contribution in [-0.2, 0) is 17.6 Å². The van der Waals surface area contributed by atoms with Crippen LogP contribution < -0.4 is 10.5 Å². The Labute approximate surface area is 186 Å². The van der Waals surface area contributed by atoms with Gasteiger partial charge in [-0.05, 0) is 48.6 Å². The van der Waals surface area contributed by atoms with E-state index in [1.54, 1.807) is 23.4 Å². The highest BCUT2D eigenvalue weighted by Crippen LogP contribution is 2.32. The lowest BCUT2D eigenvalue weighted by Crippen LogP contribution is -2.22. The number of thioether (sulfide) groups is 1. The maximum absolute atomic E-state index is 12.5. The molecule has 0 bridgehead atoms. The topological polar surface area (TPSA) is 68.1 Å². The van der Waals surface area contributed by atoms with Crippen LogP contribution in [0.4, 0.5) is 10.8 Å². The molecule has 3 heterocycles. The van der Waals surface area contributed by atoms with Gasteiger partial charge in [0.1, 0.15) is 4.70 Å². The minimum atomic E-state index is -0.0845. The molecule has 0 aliphatic rings. The van der Waals surface area contributed by atoms with Crippen LogP contribution in [-0.4, -0.2) is 20.4 Å². The molecule has 4 aromatic rings. The van der Waals surface area contributed by atoms with E-state index in [2.05, 4.69) is 9.97 Å². The van der Waals surface area contributed by atoms with Gasteiger partial charge < -0.3 is 0 Å². The Kier molecular flexibility index (Phi) is 5.77. The highest BCUT2D eigenvalue weighted by Gasteiger charge is 2.19. The number of thiophene rings is 1. The molecule has 0 spiro atoms. The van der Waals surface area contributed by atoms with Gasteiger partial charge >= 0.3 is 0 Å². The number of carbonyl (C=O) groups excluding carboxylic acids is 1. The number of thiazole rings is 1. The van der Waals surface area contributed by atoms with Crippen LogP contribution in [0.15, 0.2) is 45.0 Å². The van der Waals surface area contributed by atoms with Crippen molar-refractivity contribution in [2.45, 2.75) is 31.7 Å². The Balaban J connectivity index is 1.57. The molecule has 0 radical (unpaired) electrons. The molecule has 3 aromatic heterocycles. The molecule has 4 rings (SSSR count). The summed E-state index contributed by atoms with van der Waals surface area (Å²) in [6, 6.07) is 7.82. The molecule has 0 saturated heterocycles. The van der Waals surface area contributed by atoms with Crippen molar-refractivity contribution >= 4 is 61.4 Å². The van der Waals surface area contributed by atoms with Gasteiger partial charge in [-0.3, -0.25) is 19.1 Å². The molecule has 30 heavy (non-hydrogen) atoms. The van der Waals surface area contributed by atoms with E-state index < -0.39 is 0 Å². The third-order valence-electron chi connectivity index (χ3n) is 4.79. The fourth-order valence-electron chi connectivity index (χ4n) is 2.99. The molecule has 0 aliphatic heterocycles. The van der Waals surface area contributed by atoms with Crippen molar-refractivity contribution in [3.8, 4) is 0 Å². The van der Waals surface area contributed by atoms with E-state index in [-0.39, 0.29) is 11.5 Å². The molecule has 1 aromatic carbocycles. The molecular formula is C21H20N4O2S3. The summed E-state index contributed by atoms with van der Waals surface area (Å²) >= 11 is 4.30. The third kappa shape index (κ3) is 3.92. The number of hydrogen-bond donors (Lipinski definition) is 0. The summed E-state index contributed by atoms with van der Waals surface area (Å²) in [7, 11) is 1.74. The maximum atomic E-state index is 12.5. The van der Waals surface area contributed by atoms with Gasteiger partial charge in [-0.1, -0.05) is 17.8 Å². The third-order valence-corrected chi connectivity index (χ3v) is 7.62. The average molecular weight is 457 g/mol. The van der Waals surface area contributed by atoms with Crippen LogP contribution in [0.2, 0.25) is 0 Å². The molecule has 154 valence electrons. The first-order valence-corrected chi connectivity index (χ1v) is 12.0. The van der Waals surface area contributed by atoms with Gasteiger partial charge in [-0.2, -0.15) is 0 Å². The number of fused-ring (bicyclic) bond motifs is 1. The summed E-state index contributed by atoms with van der Waals surface area (Å²) in [5.41, 5.74) is 4.65. The Morgan fingerprint density at radius 1 is 1.17 bits per heavy atom. The first-order chi connectivity index (χ1) is 14.3. The lowest BCUT2D eigenvalue weighted by Gasteiger charge is -2.19. The molecule has 0 saturated carbocycles. The SMILES string of the molecule is CC(=O)N(c1ccc(C)c(C)c1)c1nc(CSc2nc3ccsc3c(=O)n2C)cs1. The molecule has 1 amide bonds. The number of rotatable bonds is 5. The first-order valence-electron chi connectivity index (χ1n) is 9.24. The molecule has 6 nitrogen and oxygen atoms in total. The molecular weight excluding hydrogens is 436 g/mol. The smallest absolute Gasteiger partial charge is 0.271 e. The number of carbonyl (C=O) groups is 1. The zero-order valence-electron chi connectivity index (χ0n) is 17.0. The van der Waals surface area contributed by atoms with E-state index >= 15 is 0 Å². The van der Waals surface area contributed by atoms with Crippen molar-refractivity contribution in [1.82, 2.24) is 14.5 Å². The second-order valence-electron chi connectivity index (χ2n) is 6.93. The fourth-order valence-corrected chi connectivity index (χ4v) is 5.65. The van der Waals surface area contributed by atoms with Gasteiger partial charge in [-0.15, -0.1) is 22.7 Å². The van der Waals surface area contributed by atoms with E-state index in [9.17, 15) is 9.59 Å². The van der Waals surface area contributed by atoms with Crippen LogP contribution in [0.1, 0.15) is 23.7 Å². The predicted octanol–water partition coefficient (Wildman–Crippen LogP) is 5.05. The number of hydrogen-bond acceptors (Lipinski definition) is 7. The van der Waals surface area contributed by atoms with Crippen molar-refractivity contribution in [3.63, 3.8) is 0 Å². The average Bonchev–Trinajstić information content (AvgIpc) is 3.36. The van der Waals surface area contributed by atoms with Crippen molar-refractivity contribution in [3.05, 3.63) is 62.2 Å².